The second kappa shape index (κ2) is 4.24. The minimum absolute atomic E-state index is 0.164. The van der Waals surface area contributed by atoms with Gasteiger partial charge >= 0.3 is 0 Å². The van der Waals surface area contributed by atoms with Gasteiger partial charge in [-0.05, 0) is 30.9 Å². The number of nitrogens with two attached hydrogens (primary N) is 1. The molecular formula is C12H16BrNO. The summed E-state index contributed by atoms with van der Waals surface area (Å²) in [6.45, 7) is 0. The van der Waals surface area contributed by atoms with Crippen LogP contribution in [0.1, 0.15) is 24.8 Å². The maximum Gasteiger partial charge on any atom is 0.0703 e. The van der Waals surface area contributed by atoms with Crippen LogP contribution < -0.4 is 5.73 Å². The first-order valence-electron chi connectivity index (χ1n) is 5.30. The van der Waals surface area contributed by atoms with E-state index in [0.717, 1.165) is 22.9 Å². The number of benzene rings is 1. The van der Waals surface area contributed by atoms with Crippen LogP contribution >= 0.6 is 15.9 Å². The first-order valence-corrected chi connectivity index (χ1v) is 6.10. The topological polar surface area (TPSA) is 46.2 Å². The first-order chi connectivity index (χ1) is 7.09. The summed E-state index contributed by atoms with van der Waals surface area (Å²) >= 11 is 3.50. The van der Waals surface area contributed by atoms with Crippen LogP contribution in [0.15, 0.2) is 28.7 Å². The Hall–Kier alpha value is -0.380. The molecule has 1 aliphatic rings. The fraction of sp³-hybridized carbons (Fsp3) is 0.500. The summed E-state index contributed by atoms with van der Waals surface area (Å²) in [5.41, 5.74) is 6.40. The minimum Gasteiger partial charge on any atom is -0.389 e. The van der Waals surface area contributed by atoms with Crippen LogP contribution in [0, 0.1) is 0 Å². The van der Waals surface area contributed by atoms with Gasteiger partial charge in [0.25, 0.3) is 0 Å². The van der Waals surface area contributed by atoms with Crippen LogP contribution in [0.4, 0.5) is 0 Å². The lowest BCUT2D eigenvalue weighted by Gasteiger charge is -2.23. The van der Waals surface area contributed by atoms with E-state index < -0.39 is 5.60 Å². The van der Waals surface area contributed by atoms with Crippen molar-refractivity contribution in [2.75, 3.05) is 0 Å². The van der Waals surface area contributed by atoms with Gasteiger partial charge in [0.05, 0.1) is 5.60 Å². The quantitative estimate of drug-likeness (QED) is 0.865. The highest BCUT2D eigenvalue weighted by atomic mass is 79.9. The van der Waals surface area contributed by atoms with Gasteiger partial charge in [0.1, 0.15) is 0 Å². The summed E-state index contributed by atoms with van der Waals surface area (Å²) in [6.07, 6.45) is 3.16. The highest BCUT2D eigenvalue weighted by Crippen LogP contribution is 2.33. The van der Waals surface area contributed by atoms with E-state index in [4.69, 9.17) is 5.73 Å². The van der Waals surface area contributed by atoms with Gasteiger partial charge in [-0.15, -0.1) is 0 Å². The standard InChI is InChI=1S/C12H16BrNO/c13-11-4-2-1-3-9(11)7-12(15)6-5-10(14)8-12/h1-4,10,15H,5-8,14H2. The van der Waals surface area contributed by atoms with Crippen molar-refractivity contribution >= 4 is 15.9 Å². The predicted octanol–water partition coefficient (Wildman–Crippen LogP) is 2.23. The molecule has 2 rings (SSSR count). The molecule has 1 saturated carbocycles. The molecule has 0 saturated heterocycles. The molecule has 15 heavy (non-hydrogen) atoms. The Labute approximate surface area is 98.6 Å². The van der Waals surface area contributed by atoms with E-state index in [9.17, 15) is 5.11 Å². The Balaban J connectivity index is 2.12. The van der Waals surface area contributed by atoms with Crippen LogP contribution in [-0.4, -0.2) is 16.7 Å². The molecule has 0 bridgehead atoms. The van der Waals surface area contributed by atoms with E-state index in [1.54, 1.807) is 0 Å². The van der Waals surface area contributed by atoms with Crippen LogP contribution in [0.2, 0.25) is 0 Å². The van der Waals surface area contributed by atoms with E-state index in [-0.39, 0.29) is 6.04 Å². The van der Waals surface area contributed by atoms with E-state index in [0.29, 0.717) is 12.8 Å². The third kappa shape index (κ3) is 2.60. The van der Waals surface area contributed by atoms with Crippen molar-refractivity contribution in [1.29, 1.82) is 0 Å². The van der Waals surface area contributed by atoms with Crippen molar-refractivity contribution in [3.8, 4) is 0 Å². The van der Waals surface area contributed by atoms with Crippen molar-refractivity contribution in [3.05, 3.63) is 34.3 Å². The zero-order valence-electron chi connectivity index (χ0n) is 8.62. The molecule has 2 nitrogen and oxygen atoms in total. The average Bonchev–Trinajstić information content (AvgIpc) is 2.51. The number of hydrogen-bond acceptors (Lipinski definition) is 2. The van der Waals surface area contributed by atoms with Gasteiger partial charge in [-0.2, -0.15) is 0 Å². The van der Waals surface area contributed by atoms with Gasteiger partial charge in [-0.25, -0.2) is 0 Å². The van der Waals surface area contributed by atoms with Crippen LogP contribution in [0.3, 0.4) is 0 Å². The highest BCUT2D eigenvalue weighted by molar-refractivity contribution is 9.10. The summed E-state index contributed by atoms with van der Waals surface area (Å²) in [4.78, 5) is 0. The second-order valence-corrected chi connectivity index (χ2v) is 5.35. The van der Waals surface area contributed by atoms with Gasteiger partial charge in [0.15, 0.2) is 0 Å². The van der Waals surface area contributed by atoms with Gasteiger partial charge in [0.2, 0.25) is 0 Å². The molecule has 0 spiro atoms. The van der Waals surface area contributed by atoms with Crippen LogP contribution in [-0.2, 0) is 6.42 Å². The normalized spacial score (nSPS) is 30.7. The Bertz CT molecular complexity index is 355. The molecular weight excluding hydrogens is 254 g/mol. The van der Waals surface area contributed by atoms with Gasteiger partial charge in [-0.1, -0.05) is 34.1 Å². The van der Waals surface area contributed by atoms with Crippen molar-refractivity contribution in [1.82, 2.24) is 0 Å². The lowest BCUT2D eigenvalue weighted by atomic mass is 9.93. The number of halogens is 1. The highest BCUT2D eigenvalue weighted by Gasteiger charge is 2.35. The van der Waals surface area contributed by atoms with Crippen molar-refractivity contribution < 1.29 is 5.11 Å². The molecule has 2 atom stereocenters. The van der Waals surface area contributed by atoms with Gasteiger partial charge < -0.3 is 10.8 Å². The smallest absolute Gasteiger partial charge is 0.0703 e. The molecule has 0 heterocycles. The minimum atomic E-state index is -0.594. The maximum atomic E-state index is 10.3. The monoisotopic (exact) mass is 269 g/mol. The van der Waals surface area contributed by atoms with Gasteiger partial charge in [0, 0.05) is 16.9 Å². The number of hydrogen-bond donors (Lipinski definition) is 2. The Kier molecular flexibility index (Phi) is 3.14. The molecule has 1 aliphatic carbocycles. The van der Waals surface area contributed by atoms with Crippen molar-refractivity contribution in [2.24, 2.45) is 5.73 Å². The van der Waals surface area contributed by atoms with Crippen LogP contribution in [0.25, 0.3) is 0 Å². The maximum absolute atomic E-state index is 10.3. The Morgan fingerprint density at radius 1 is 1.47 bits per heavy atom. The molecule has 0 amide bonds. The van der Waals surface area contributed by atoms with Crippen molar-refractivity contribution in [3.63, 3.8) is 0 Å². The molecule has 0 aliphatic heterocycles. The van der Waals surface area contributed by atoms with Crippen LogP contribution in [0.5, 0.6) is 0 Å². The van der Waals surface area contributed by atoms with E-state index in [1.807, 2.05) is 24.3 Å². The molecule has 82 valence electrons. The molecule has 1 fully saturated rings. The molecule has 0 radical (unpaired) electrons. The number of aliphatic hydroxyl groups is 1. The fourth-order valence-corrected chi connectivity index (χ4v) is 2.73. The fourth-order valence-electron chi connectivity index (χ4n) is 2.30. The Morgan fingerprint density at radius 2 is 2.20 bits per heavy atom. The van der Waals surface area contributed by atoms with Gasteiger partial charge in [-0.3, -0.25) is 0 Å². The lowest BCUT2D eigenvalue weighted by Crippen LogP contribution is -2.30. The van der Waals surface area contributed by atoms with E-state index in [1.165, 1.54) is 0 Å². The Morgan fingerprint density at radius 3 is 2.80 bits per heavy atom. The summed E-state index contributed by atoms with van der Waals surface area (Å²) in [5, 5.41) is 10.3. The van der Waals surface area contributed by atoms with E-state index >= 15 is 0 Å². The second-order valence-electron chi connectivity index (χ2n) is 4.50. The SMILES string of the molecule is NC1CCC(O)(Cc2ccccc2Br)C1. The zero-order chi connectivity index (χ0) is 10.9. The third-order valence-electron chi connectivity index (χ3n) is 3.10. The lowest BCUT2D eigenvalue weighted by molar-refractivity contribution is 0.0467. The molecule has 3 N–H and O–H groups in total. The zero-order valence-corrected chi connectivity index (χ0v) is 10.2. The molecule has 3 heteroatoms. The third-order valence-corrected chi connectivity index (χ3v) is 3.87. The predicted molar refractivity (Wildman–Crippen MR) is 64.6 cm³/mol. The first kappa shape index (κ1) is 11.1. The summed E-state index contributed by atoms with van der Waals surface area (Å²) < 4.78 is 1.07. The van der Waals surface area contributed by atoms with Crippen molar-refractivity contribution in [2.45, 2.75) is 37.3 Å². The molecule has 0 aromatic heterocycles. The largest absolute Gasteiger partial charge is 0.389 e. The average molecular weight is 270 g/mol. The number of rotatable bonds is 2. The van der Waals surface area contributed by atoms with E-state index in [2.05, 4.69) is 15.9 Å². The molecule has 1 aromatic carbocycles. The molecule has 1 aromatic rings. The summed E-state index contributed by atoms with van der Waals surface area (Å²) in [6, 6.07) is 8.20. The molecule has 2 unspecified atom stereocenters. The summed E-state index contributed by atoms with van der Waals surface area (Å²) in [7, 11) is 0. The summed E-state index contributed by atoms with van der Waals surface area (Å²) in [5.74, 6) is 0.